The second-order valence-corrected chi connectivity index (χ2v) is 5.03. The molecule has 90 valence electrons. The first-order valence-corrected chi connectivity index (χ1v) is 6.51. The third-order valence-electron chi connectivity index (χ3n) is 3.83. The smallest absolute Gasteiger partial charge is 0.116 e. The number of benzene rings is 1. The Morgan fingerprint density at radius 1 is 1.12 bits per heavy atom. The Kier molecular flexibility index (Phi) is 2.75. The predicted octanol–water partition coefficient (Wildman–Crippen LogP) is 3.71. The Bertz CT molecular complexity index is 510. The number of aromatic nitrogens is 2. The predicted molar refractivity (Wildman–Crippen MR) is 68.2 cm³/mol. The number of phenolic OH excluding ortho intramolecular Hbond substituents is 1. The van der Waals surface area contributed by atoms with Crippen molar-refractivity contribution in [2.45, 2.75) is 44.4 Å². The number of rotatable bonds is 1. The molecule has 0 radical (unpaired) electrons. The minimum absolute atomic E-state index is 0.328. The highest BCUT2D eigenvalue weighted by molar-refractivity contribution is 5.83. The van der Waals surface area contributed by atoms with Crippen LogP contribution in [0.25, 0.3) is 10.9 Å². The number of nitrogens with zero attached hydrogens (tertiary/aromatic N) is 1. The molecule has 1 aliphatic carbocycles. The summed E-state index contributed by atoms with van der Waals surface area (Å²) in [6.07, 6.45) is 7.82. The van der Waals surface area contributed by atoms with E-state index in [1.807, 2.05) is 12.1 Å². The minimum atomic E-state index is 0.328. The number of hydrogen-bond donors (Lipinski definition) is 2. The number of H-pyrrole nitrogens is 1. The molecule has 1 fully saturated rings. The van der Waals surface area contributed by atoms with Gasteiger partial charge in [0.2, 0.25) is 0 Å². The Morgan fingerprint density at radius 2 is 1.88 bits per heavy atom. The lowest BCUT2D eigenvalue weighted by Gasteiger charge is -2.12. The van der Waals surface area contributed by atoms with E-state index in [1.54, 1.807) is 6.07 Å². The van der Waals surface area contributed by atoms with Gasteiger partial charge in [0.15, 0.2) is 0 Å². The maximum Gasteiger partial charge on any atom is 0.116 e. The third kappa shape index (κ3) is 2.02. The van der Waals surface area contributed by atoms with E-state index in [0.29, 0.717) is 11.7 Å². The zero-order valence-corrected chi connectivity index (χ0v) is 9.95. The van der Waals surface area contributed by atoms with Gasteiger partial charge in [0, 0.05) is 17.0 Å². The van der Waals surface area contributed by atoms with Crippen LogP contribution in [0, 0.1) is 0 Å². The van der Waals surface area contributed by atoms with Gasteiger partial charge in [0.25, 0.3) is 0 Å². The first kappa shape index (κ1) is 10.6. The Balaban J connectivity index is 2.00. The molecule has 3 rings (SSSR count). The summed E-state index contributed by atoms with van der Waals surface area (Å²) in [5, 5.41) is 18.2. The first-order valence-electron chi connectivity index (χ1n) is 6.51. The van der Waals surface area contributed by atoms with Crippen molar-refractivity contribution in [3.05, 3.63) is 23.9 Å². The summed E-state index contributed by atoms with van der Waals surface area (Å²) in [4.78, 5) is 0. The van der Waals surface area contributed by atoms with Crippen molar-refractivity contribution in [1.82, 2.24) is 10.2 Å². The van der Waals surface area contributed by atoms with Crippen molar-refractivity contribution >= 4 is 10.9 Å². The topological polar surface area (TPSA) is 48.9 Å². The van der Waals surface area contributed by atoms with Crippen LogP contribution in [0.4, 0.5) is 0 Å². The third-order valence-corrected chi connectivity index (χ3v) is 3.83. The molecule has 3 nitrogen and oxygen atoms in total. The standard InChI is InChI=1S/C14H18N2O/c17-11-7-8-13-12(9-11)14(16-15-13)10-5-3-1-2-4-6-10/h7-10,17H,1-6H2,(H,15,16). The van der Waals surface area contributed by atoms with Gasteiger partial charge in [-0.05, 0) is 31.0 Å². The van der Waals surface area contributed by atoms with Crippen LogP contribution in [0.3, 0.4) is 0 Å². The second kappa shape index (κ2) is 4.40. The molecule has 1 aliphatic rings. The first-order chi connectivity index (χ1) is 8.34. The minimum Gasteiger partial charge on any atom is -0.508 e. The fourth-order valence-corrected chi connectivity index (χ4v) is 2.90. The van der Waals surface area contributed by atoms with Crippen molar-refractivity contribution in [3.63, 3.8) is 0 Å². The van der Waals surface area contributed by atoms with E-state index in [-0.39, 0.29) is 0 Å². The molecule has 0 amide bonds. The van der Waals surface area contributed by atoms with Crippen LogP contribution in [-0.4, -0.2) is 15.3 Å². The summed E-state index contributed by atoms with van der Waals surface area (Å²) in [6, 6.07) is 5.40. The Labute approximate surface area is 101 Å². The molecule has 1 saturated carbocycles. The van der Waals surface area contributed by atoms with Gasteiger partial charge in [-0.2, -0.15) is 5.10 Å². The van der Waals surface area contributed by atoms with E-state index >= 15 is 0 Å². The molecule has 3 heteroatoms. The van der Waals surface area contributed by atoms with E-state index in [4.69, 9.17) is 0 Å². The molecular weight excluding hydrogens is 212 g/mol. The van der Waals surface area contributed by atoms with Gasteiger partial charge in [-0.15, -0.1) is 0 Å². The van der Waals surface area contributed by atoms with Gasteiger partial charge >= 0.3 is 0 Å². The molecule has 2 aromatic rings. The summed E-state index contributed by atoms with van der Waals surface area (Å²) in [6.45, 7) is 0. The SMILES string of the molecule is Oc1ccc2n[nH]c(C3CCCCCC3)c2c1. The van der Waals surface area contributed by atoms with E-state index in [0.717, 1.165) is 10.9 Å². The van der Waals surface area contributed by atoms with Crippen molar-refractivity contribution in [1.29, 1.82) is 0 Å². The molecule has 0 saturated heterocycles. The fourth-order valence-electron chi connectivity index (χ4n) is 2.90. The molecule has 17 heavy (non-hydrogen) atoms. The number of aromatic hydroxyl groups is 1. The van der Waals surface area contributed by atoms with Gasteiger partial charge in [0.05, 0.1) is 5.52 Å². The summed E-state index contributed by atoms with van der Waals surface area (Å²) >= 11 is 0. The number of aromatic amines is 1. The molecule has 0 unspecified atom stereocenters. The number of fused-ring (bicyclic) bond motifs is 1. The van der Waals surface area contributed by atoms with E-state index in [1.165, 1.54) is 44.2 Å². The van der Waals surface area contributed by atoms with Crippen molar-refractivity contribution in [2.75, 3.05) is 0 Å². The molecule has 0 bridgehead atoms. The van der Waals surface area contributed by atoms with Gasteiger partial charge in [-0.1, -0.05) is 25.7 Å². The number of phenols is 1. The van der Waals surface area contributed by atoms with Gasteiger partial charge in [0.1, 0.15) is 5.75 Å². The van der Waals surface area contributed by atoms with E-state index < -0.39 is 0 Å². The lowest BCUT2D eigenvalue weighted by molar-refractivity contribution is 0.476. The van der Waals surface area contributed by atoms with Gasteiger partial charge < -0.3 is 5.11 Å². The lowest BCUT2D eigenvalue weighted by atomic mass is 9.94. The summed E-state index contributed by atoms with van der Waals surface area (Å²) < 4.78 is 0. The molecule has 1 aromatic carbocycles. The highest BCUT2D eigenvalue weighted by atomic mass is 16.3. The quantitative estimate of drug-likeness (QED) is 0.734. The highest BCUT2D eigenvalue weighted by Crippen LogP contribution is 2.34. The number of hydrogen-bond acceptors (Lipinski definition) is 2. The van der Waals surface area contributed by atoms with Crippen LogP contribution in [0.5, 0.6) is 5.75 Å². The van der Waals surface area contributed by atoms with Crippen LogP contribution in [-0.2, 0) is 0 Å². The van der Waals surface area contributed by atoms with Crippen molar-refractivity contribution < 1.29 is 5.11 Å². The van der Waals surface area contributed by atoms with Crippen molar-refractivity contribution in [3.8, 4) is 5.75 Å². The Hall–Kier alpha value is -1.51. The van der Waals surface area contributed by atoms with Gasteiger partial charge in [-0.25, -0.2) is 0 Å². The maximum atomic E-state index is 9.59. The van der Waals surface area contributed by atoms with Crippen LogP contribution in [0.1, 0.15) is 50.1 Å². The van der Waals surface area contributed by atoms with E-state index in [2.05, 4.69) is 10.2 Å². The summed E-state index contributed by atoms with van der Waals surface area (Å²) in [5.41, 5.74) is 2.18. The molecular formula is C14H18N2O. The average molecular weight is 230 g/mol. The van der Waals surface area contributed by atoms with Crippen LogP contribution < -0.4 is 0 Å². The highest BCUT2D eigenvalue weighted by Gasteiger charge is 2.18. The largest absolute Gasteiger partial charge is 0.508 e. The van der Waals surface area contributed by atoms with Crippen LogP contribution in [0.15, 0.2) is 18.2 Å². The van der Waals surface area contributed by atoms with Gasteiger partial charge in [-0.3, -0.25) is 5.10 Å². The van der Waals surface area contributed by atoms with Crippen LogP contribution in [0.2, 0.25) is 0 Å². The average Bonchev–Trinajstić information content (AvgIpc) is 2.58. The zero-order valence-electron chi connectivity index (χ0n) is 9.95. The molecule has 1 aromatic heterocycles. The monoisotopic (exact) mass is 230 g/mol. The Morgan fingerprint density at radius 3 is 2.65 bits per heavy atom. The molecule has 2 N–H and O–H groups in total. The maximum absolute atomic E-state index is 9.59. The van der Waals surface area contributed by atoms with Crippen LogP contribution >= 0.6 is 0 Å². The fraction of sp³-hybridized carbons (Fsp3) is 0.500. The molecule has 0 spiro atoms. The zero-order chi connectivity index (χ0) is 11.7. The lowest BCUT2D eigenvalue weighted by Crippen LogP contribution is -1.98. The summed E-state index contributed by atoms with van der Waals surface area (Å²) in [7, 11) is 0. The number of nitrogens with one attached hydrogen (secondary N) is 1. The molecule has 0 atom stereocenters. The molecule has 1 heterocycles. The van der Waals surface area contributed by atoms with Crippen molar-refractivity contribution in [2.24, 2.45) is 0 Å². The summed E-state index contributed by atoms with van der Waals surface area (Å²) in [5.74, 6) is 0.915. The normalized spacial score (nSPS) is 18.4. The molecule has 0 aliphatic heterocycles. The second-order valence-electron chi connectivity index (χ2n) is 5.03. The van der Waals surface area contributed by atoms with E-state index in [9.17, 15) is 5.11 Å².